The van der Waals surface area contributed by atoms with E-state index >= 15 is 0 Å². The molecule has 1 heterocycles. The Bertz CT molecular complexity index is 309. The van der Waals surface area contributed by atoms with E-state index in [2.05, 4.69) is 0 Å². The Balaban J connectivity index is 1.81. The Labute approximate surface area is 108 Å². The summed E-state index contributed by atoms with van der Waals surface area (Å²) in [6.45, 7) is 4.56. The van der Waals surface area contributed by atoms with E-state index in [0.717, 1.165) is 38.8 Å². The molecular weight excluding hydrogens is 232 g/mol. The maximum Gasteiger partial charge on any atom is 0.320 e. The number of carbonyl (C=O) groups is 2. The number of amides is 1. The van der Waals surface area contributed by atoms with Crippen LogP contribution in [-0.2, 0) is 14.3 Å². The van der Waals surface area contributed by atoms with E-state index in [9.17, 15) is 9.59 Å². The molecule has 0 unspecified atom stereocenters. The van der Waals surface area contributed by atoms with Crippen LogP contribution in [0.2, 0.25) is 0 Å². The van der Waals surface area contributed by atoms with Crippen molar-refractivity contribution in [3.05, 3.63) is 0 Å². The van der Waals surface area contributed by atoms with Gasteiger partial charge in [-0.3, -0.25) is 14.5 Å². The number of esters is 1. The molecule has 2 rings (SSSR count). The standard InChI is InChI=1S/C13H22N2O3/c1-2-18-13(17)10-15(11-5-6-11)9-12(16)14-7-3-4-8-14/h11H,2-10H2,1H3. The number of rotatable bonds is 6. The van der Waals surface area contributed by atoms with E-state index in [1.54, 1.807) is 6.92 Å². The minimum atomic E-state index is -0.223. The zero-order valence-corrected chi connectivity index (χ0v) is 11.1. The first-order chi connectivity index (χ1) is 8.70. The van der Waals surface area contributed by atoms with Crippen molar-refractivity contribution in [2.75, 3.05) is 32.8 Å². The van der Waals surface area contributed by atoms with Crippen LogP contribution < -0.4 is 0 Å². The molecule has 0 aromatic rings. The summed E-state index contributed by atoms with van der Waals surface area (Å²) in [5.74, 6) is -0.0673. The first kappa shape index (κ1) is 13.3. The highest BCUT2D eigenvalue weighted by molar-refractivity contribution is 5.79. The van der Waals surface area contributed by atoms with Crippen molar-refractivity contribution < 1.29 is 14.3 Å². The topological polar surface area (TPSA) is 49.9 Å². The van der Waals surface area contributed by atoms with Crippen molar-refractivity contribution in [3.63, 3.8) is 0 Å². The first-order valence-corrected chi connectivity index (χ1v) is 6.88. The lowest BCUT2D eigenvalue weighted by Gasteiger charge is -2.23. The molecule has 5 heteroatoms. The smallest absolute Gasteiger partial charge is 0.320 e. The number of nitrogens with zero attached hydrogens (tertiary/aromatic N) is 2. The molecule has 2 fully saturated rings. The van der Waals surface area contributed by atoms with Crippen LogP contribution in [0.15, 0.2) is 0 Å². The van der Waals surface area contributed by atoms with Gasteiger partial charge in [0.25, 0.3) is 0 Å². The molecule has 102 valence electrons. The van der Waals surface area contributed by atoms with Gasteiger partial charge in [0.15, 0.2) is 0 Å². The average Bonchev–Trinajstić information content (AvgIpc) is 3.03. The molecule has 0 bridgehead atoms. The van der Waals surface area contributed by atoms with Crippen molar-refractivity contribution in [3.8, 4) is 0 Å². The Kier molecular flexibility index (Phi) is 4.58. The van der Waals surface area contributed by atoms with Gasteiger partial charge in [0.05, 0.1) is 19.7 Å². The van der Waals surface area contributed by atoms with E-state index in [-0.39, 0.29) is 18.4 Å². The highest BCUT2D eigenvalue weighted by Crippen LogP contribution is 2.26. The maximum atomic E-state index is 12.1. The third kappa shape index (κ3) is 3.70. The SMILES string of the molecule is CCOC(=O)CN(CC(=O)N1CCCC1)C1CC1. The summed E-state index contributed by atoms with van der Waals surface area (Å²) in [4.78, 5) is 27.4. The molecule has 0 N–H and O–H groups in total. The van der Waals surface area contributed by atoms with Gasteiger partial charge in [-0.15, -0.1) is 0 Å². The van der Waals surface area contributed by atoms with Crippen LogP contribution in [0, 0.1) is 0 Å². The van der Waals surface area contributed by atoms with Gasteiger partial charge in [-0.2, -0.15) is 0 Å². The minimum Gasteiger partial charge on any atom is -0.465 e. The predicted molar refractivity (Wildman–Crippen MR) is 67.0 cm³/mol. The minimum absolute atomic E-state index is 0.156. The lowest BCUT2D eigenvalue weighted by Crippen LogP contribution is -2.42. The molecule has 1 saturated carbocycles. The van der Waals surface area contributed by atoms with Gasteiger partial charge >= 0.3 is 5.97 Å². The molecule has 18 heavy (non-hydrogen) atoms. The molecule has 5 nitrogen and oxygen atoms in total. The van der Waals surface area contributed by atoms with Crippen molar-refractivity contribution in [2.24, 2.45) is 0 Å². The normalized spacial score (nSPS) is 19.3. The summed E-state index contributed by atoms with van der Waals surface area (Å²) in [6, 6.07) is 0.404. The van der Waals surface area contributed by atoms with Crippen molar-refractivity contribution in [1.29, 1.82) is 0 Å². The largest absolute Gasteiger partial charge is 0.465 e. The van der Waals surface area contributed by atoms with Gasteiger partial charge in [-0.1, -0.05) is 0 Å². The lowest BCUT2D eigenvalue weighted by atomic mass is 10.4. The molecule has 0 spiro atoms. The summed E-state index contributed by atoms with van der Waals surface area (Å²) in [7, 11) is 0. The fourth-order valence-electron chi connectivity index (χ4n) is 2.37. The lowest BCUT2D eigenvalue weighted by molar-refractivity contribution is -0.145. The van der Waals surface area contributed by atoms with E-state index in [4.69, 9.17) is 4.74 Å². The summed E-state index contributed by atoms with van der Waals surface area (Å²) >= 11 is 0. The highest BCUT2D eigenvalue weighted by Gasteiger charge is 2.33. The molecule has 0 radical (unpaired) electrons. The molecule has 0 aromatic carbocycles. The van der Waals surface area contributed by atoms with Gasteiger partial charge in [-0.05, 0) is 32.6 Å². The van der Waals surface area contributed by atoms with Gasteiger partial charge in [0.1, 0.15) is 0 Å². The van der Waals surface area contributed by atoms with E-state index in [1.165, 1.54) is 0 Å². The van der Waals surface area contributed by atoms with Gasteiger partial charge in [-0.25, -0.2) is 0 Å². The number of ether oxygens (including phenoxy) is 1. The zero-order chi connectivity index (χ0) is 13.0. The van der Waals surface area contributed by atoms with Crippen molar-refractivity contribution >= 4 is 11.9 Å². The second-order valence-corrected chi connectivity index (χ2v) is 5.03. The Morgan fingerprint density at radius 1 is 1.22 bits per heavy atom. The third-order valence-corrected chi connectivity index (χ3v) is 3.50. The quantitative estimate of drug-likeness (QED) is 0.653. The summed E-state index contributed by atoms with van der Waals surface area (Å²) < 4.78 is 4.95. The summed E-state index contributed by atoms with van der Waals surface area (Å²) in [5, 5.41) is 0. The molecule has 1 amide bonds. The second-order valence-electron chi connectivity index (χ2n) is 5.03. The van der Waals surface area contributed by atoms with Crippen molar-refractivity contribution in [2.45, 2.75) is 38.6 Å². The number of likely N-dealkylation sites (tertiary alicyclic amines) is 1. The van der Waals surface area contributed by atoms with E-state index in [0.29, 0.717) is 19.2 Å². The molecule has 0 atom stereocenters. The van der Waals surface area contributed by atoms with Crippen LogP contribution in [0.5, 0.6) is 0 Å². The Hall–Kier alpha value is -1.10. The molecule has 0 aromatic heterocycles. The summed E-state index contributed by atoms with van der Waals surface area (Å²) in [5.41, 5.74) is 0. The van der Waals surface area contributed by atoms with Gasteiger partial charge < -0.3 is 9.64 Å². The predicted octanol–water partition coefficient (Wildman–Crippen LogP) is 0.636. The fraction of sp³-hybridized carbons (Fsp3) is 0.846. The molecular formula is C13H22N2O3. The van der Waals surface area contributed by atoms with Crippen molar-refractivity contribution in [1.82, 2.24) is 9.80 Å². The van der Waals surface area contributed by atoms with Crippen LogP contribution in [0.1, 0.15) is 32.6 Å². The molecule has 1 aliphatic heterocycles. The van der Waals surface area contributed by atoms with E-state index < -0.39 is 0 Å². The van der Waals surface area contributed by atoms with Crippen LogP contribution in [0.3, 0.4) is 0 Å². The summed E-state index contributed by atoms with van der Waals surface area (Å²) in [6.07, 6.45) is 4.39. The van der Waals surface area contributed by atoms with Crippen LogP contribution >= 0.6 is 0 Å². The van der Waals surface area contributed by atoms with Crippen LogP contribution in [0.25, 0.3) is 0 Å². The molecule has 1 aliphatic carbocycles. The first-order valence-electron chi connectivity index (χ1n) is 6.88. The fourth-order valence-corrected chi connectivity index (χ4v) is 2.37. The molecule has 2 aliphatic rings. The van der Waals surface area contributed by atoms with Crippen LogP contribution in [-0.4, -0.2) is 60.5 Å². The average molecular weight is 254 g/mol. The molecule has 1 saturated heterocycles. The second kappa shape index (κ2) is 6.18. The number of hydrogen-bond donors (Lipinski definition) is 0. The Morgan fingerprint density at radius 2 is 1.89 bits per heavy atom. The number of hydrogen-bond acceptors (Lipinski definition) is 4. The monoisotopic (exact) mass is 254 g/mol. The van der Waals surface area contributed by atoms with Gasteiger partial charge in [0.2, 0.25) is 5.91 Å². The van der Waals surface area contributed by atoms with Crippen LogP contribution in [0.4, 0.5) is 0 Å². The number of carbonyl (C=O) groups excluding carboxylic acids is 2. The Morgan fingerprint density at radius 3 is 2.44 bits per heavy atom. The van der Waals surface area contributed by atoms with E-state index in [1.807, 2.05) is 9.80 Å². The third-order valence-electron chi connectivity index (χ3n) is 3.50. The maximum absolute atomic E-state index is 12.1. The zero-order valence-electron chi connectivity index (χ0n) is 11.1. The highest BCUT2D eigenvalue weighted by atomic mass is 16.5. The van der Waals surface area contributed by atoms with Gasteiger partial charge in [0, 0.05) is 19.1 Å².